The Labute approximate surface area is 125 Å². The fourth-order valence-corrected chi connectivity index (χ4v) is 2.63. The fourth-order valence-electron chi connectivity index (χ4n) is 2.46. The molecule has 0 N–H and O–H groups in total. The maximum Gasteiger partial charge on any atom is 0.160 e. The molecule has 1 atom stereocenters. The number of hydrogen-bond acceptors (Lipinski definition) is 3. The number of aromatic nitrogens is 3. The van der Waals surface area contributed by atoms with Crippen LogP contribution in [0.3, 0.4) is 0 Å². The van der Waals surface area contributed by atoms with Crippen LogP contribution in [0.4, 0.5) is 0 Å². The SMILES string of the molecule is CCN(CC)CCn1c(C(C)Cl)nc2c(C)ccnc21. The zero-order valence-electron chi connectivity index (χ0n) is 12.7. The van der Waals surface area contributed by atoms with Crippen LogP contribution in [-0.4, -0.2) is 39.1 Å². The summed E-state index contributed by atoms with van der Waals surface area (Å²) in [4.78, 5) is 11.6. The average Bonchev–Trinajstić information content (AvgIpc) is 2.80. The van der Waals surface area contributed by atoms with Gasteiger partial charge in [-0.1, -0.05) is 13.8 Å². The van der Waals surface area contributed by atoms with Gasteiger partial charge in [-0.25, -0.2) is 9.97 Å². The molecule has 5 heteroatoms. The lowest BCUT2D eigenvalue weighted by Gasteiger charge is -2.19. The lowest BCUT2D eigenvalue weighted by molar-refractivity contribution is 0.290. The van der Waals surface area contributed by atoms with Gasteiger partial charge in [-0.05, 0) is 38.6 Å². The Balaban J connectivity index is 2.39. The van der Waals surface area contributed by atoms with Crippen LogP contribution in [0.5, 0.6) is 0 Å². The summed E-state index contributed by atoms with van der Waals surface area (Å²) < 4.78 is 2.16. The molecule has 0 radical (unpaired) electrons. The highest BCUT2D eigenvalue weighted by molar-refractivity contribution is 6.20. The summed E-state index contributed by atoms with van der Waals surface area (Å²) in [6.07, 6.45) is 1.84. The zero-order chi connectivity index (χ0) is 14.7. The van der Waals surface area contributed by atoms with E-state index in [4.69, 9.17) is 16.6 Å². The molecule has 2 rings (SSSR count). The van der Waals surface area contributed by atoms with Gasteiger partial charge < -0.3 is 9.47 Å². The number of pyridine rings is 1. The molecule has 0 bridgehead atoms. The first kappa shape index (κ1) is 15.3. The molecular formula is C15H23ClN4. The van der Waals surface area contributed by atoms with Crippen molar-refractivity contribution in [3.63, 3.8) is 0 Å². The van der Waals surface area contributed by atoms with Crippen molar-refractivity contribution in [3.05, 3.63) is 23.7 Å². The van der Waals surface area contributed by atoms with Crippen LogP contribution < -0.4 is 0 Å². The molecule has 0 aliphatic heterocycles. The van der Waals surface area contributed by atoms with E-state index in [1.165, 1.54) is 0 Å². The quantitative estimate of drug-likeness (QED) is 0.766. The maximum absolute atomic E-state index is 6.29. The first-order valence-corrected chi connectivity index (χ1v) is 7.70. The topological polar surface area (TPSA) is 34.0 Å². The van der Waals surface area contributed by atoms with Crippen molar-refractivity contribution < 1.29 is 0 Å². The van der Waals surface area contributed by atoms with E-state index >= 15 is 0 Å². The molecule has 0 saturated heterocycles. The summed E-state index contributed by atoms with van der Waals surface area (Å²) in [6, 6.07) is 1.99. The van der Waals surface area contributed by atoms with Crippen molar-refractivity contribution in [2.75, 3.05) is 19.6 Å². The second-order valence-electron chi connectivity index (χ2n) is 5.06. The van der Waals surface area contributed by atoms with E-state index in [0.29, 0.717) is 0 Å². The van der Waals surface area contributed by atoms with Gasteiger partial charge in [0.15, 0.2) is 5.65 Å². The molecule has 0 aliphatic rings. The zero-order valence-corrected chi connectivity index (χ0v) is 13.5. The van der Waals surface area contributed by atoms with Crippen molar-refractivity contribution in [1.29, 1.82) is 0 Å². The highest BCUT2D eigenvalue weighted by atomic mass is 35.5. The molecule has 4 nitrogen and oxygen atoms in total. The minimum Gasteiger partial charge on any atom is -0.310 e. The minimum atomic E-state index is -0.111. The molecule has 2 aromatic rings. The number of rotatable bonds is 6. The van der Waals surface area contributed by atoms with Crippen molar-refractivity contribution in [2.45, 2.75) is 39.6 Å². The molecule has 2 aromatic heterocycles. The van der Waals surface area contributed by atoms with E-state index in [2.05, 4.69) is 35.2 Å². The Hall–Kier alpha value is -1.13. The lowest BCUT2D eigenvalue weighted by Crippen LogP contribution is -2.27. The average molecular weight is 295 g/mol. The molecule has 2 heterocycles. The number of imidazole rings is 1. The highest BCUT2D eigenvalue weighted by Gasteiger charge is 2.17. The van der Waals surface area contributed by atoms with Gasteiger partial charge in [0.2, 0.25) is 0 Å². The molecule has 0 amide bonds. The summed E-state index contributed by atoms with van der Waals surface area (Å²) in [6.45, 7) is 12.4. The molecule has 110 valence electrons. The first-order valence-electron chi connectivity index (χ1n) is 7.26. The number of alkyl halides is 1. The standard InChI is InChI=1S/C15H23ClN4/c1-5-19(6-2)9-10-20-14(12(4)16)18-13-11(3)7-8-17-15(13)20/h7-8,12H,5-6,9-10H2,1-4H3. The Morgan fingerprint density at radius 2 is 2.05 bits per heavy atom. The van der Waals surface area contributed by atoms with E-state index in [-0.39, 0.29) is 5.38 Å². The van der Waals surface area contributed by atoms with Crippen molar-refractivity contribution in [1.82, 2.24) is 19.4 Å². The van der Waals surface area contributed by atoms with Gasteiger partial charge in [-0.3, -0.25) is 0 Å². The van der Waals surface area contributed by atoms with E-state index in [1.54, 1.807) is 0 Å². The van der Waals surface area contributed by atoms with E-state index in [0.717, 1.165) is 48.7 Å². The van der Waals surface area contributed by atoms with Gasteiger partial charge in [-0.15, -0.1) is 11.6 Å². The Bertz CT molecular complexity index is 573. The summed E-state index contributed by atoms with van der Waals surface area (Å²) in [7, 11) is 0. The van der Waals surface area contributed by atoms with Crippen molar-refractivity contribution in [2.24, 2.45) is 0 Å². The normalized spacial score (nSPS) is 13.3. The summed E-state index contributed by atoms with van der Waals surface area (Å²) >= 11 is 6.29. The van der Waals surface area contributed by atoms with Gasteiger partial charge in [0.25, 0.3) is 0 Å². The largest absolute Gasteiger partial charge is 0.310 e. The second-order valence-corrected chi connectivity index (χ2v) is 5.72. The van der Waals surface area contributed by atoms with Gasteiger partial charge in [-0.2, -0.15) is 0 Å². The van der Waals surface area contributed by atoms with E-state index in [1.807, 2.05) is 19.2 Å². The van der Waals surface area contributed by atoms with Gasteiger partial charge in [0.05, 0.1) is 5.38 Å². The molecule has 0 fully saturated rings. The fraction of sp³-hybridized carbons (Fsp3) is 0.600. The third kappa shape index (κ3) is 2.96. The lowest BCUT2D eigenvalue weighted by atomic mass is 10.3. The summed E-state index contributed by atoms with van der Waals surface area (Å²) in [5, 5.41) is -0.111. The Kier molecular flexibility index (Phi) is 5.00. The van der Waals surface area contributed by atoms with Crippen LogP contribution in [0.15, 0.2) is 12.3 Å². The number of aryl methyl sites for hydroxylation is 1. The predicted octanol–water partition coefficient (Wildman–Crippen LogP) is 3.38. The number of nitrogens with zero attached hydrogens (tertiary/aromatic N) is 4. The van der Waals surface area contributed by atoms with Crippen LogP contribution in [0.2, 0.25) is 0 Å². The Morgan fingerprint density at radius 3 is 2.65 bits per heavy atom. The van der Waals surface area contributed by atoms with Gasteiger partial charge in [0.1, 0.15) is 11.3 Å². The number of hydrogen-bond donors (Lipinski definition) is 0. The minimum absolute atomic E-state index is 0.111. The Morgan fingerprint density at radius 1 is 1.35 bits per heavy atom. The second kappa shape index (κ2) is 6.55. The summed E-state index contributed by atoms with van der Waals surface area (Å²) in [5.41, 5.74) is 3.06. The highest BCUT2D eigenvalue weighted by Crippen LogP contribution is 2.24. The monoisotopic (exact) mass is 294 g/mol. The molecule has 0 saturated carbocycles. The van der Waals surface area contributed by atoms with Crippen LogP contribution in [0.1, 0.15) is 37.5 Å². The van der Waals surface area contributed by atoms with Crippen molar-refractivity contribution >= 4 is 22.8 Å². The first-order chi connectivity index (χ1) is 9.58. The predicted molar refractivity (Wildman–Crippen MR) is 84.3 cm³/mol. The van der Waals surface area contributed by atoms with Crippen LogP contribution in [0.25, 0.3) is 11.2 Å². The number of likely N-dealkylation sites (N-methyl/N-ethyl adjacent to an activating group) is 1. The van der Waals surface area contributed by atoms with Gasteiger partial charge >= 0.3 is 0 Å². The number of halogens is 1. The molecule has 0 aromatic carbocycles. The third-order valence-electron chi connectivity index (χ3n) is 3.76. The molecular weight excluding hydrogens is 272 g/mol. The van der Waals surface area contributed by atoms with Crippen LogP contribution >= 0.6 is 11.6 Å². The molecule has 1 unspecified atom stereocenters. The summed E-state index contributed by atoms with van der Waals surface area (Å²) in [5.74, 6) is 0.913. The number of fused-ring (bicyclic) bond motifs is 1. The smallest absolute Gasteiger partial charge is 0.160 e. The van der Waals surface area contributed by atoms with Crippen LogP contribution in [-0.2, 0) is 6.54 Å². The van der Waals surface area contributed by atoms with Crippen molar-refractivity contribution in [3.8, 4) is 0 Å². The third-order valence-corrected chi connectivity index (χ3v) is 3.95. The molecule has 0 spiro atoms. The molecule has 20 heavy (non-hydrogen) atoms. The van der Waals surface area contributed by atoms with E-state index < -0.39 is 0 Å². The maximum atomic E-state index is 6.29. The molecule has 0 aliphatic carbocycles. The van der Waals surface area contributed by atoms with E-state index in [9.17, 15) is 0 Å². The van der Waals surface area contributed by atoms with Crippen LogP contribution in [0, 0.1) is 6.92 Å². The van der Waals surface area contributed by atoms with Gasteiger partial charge in [0, 0.05) is 19.3 Å².